The fourth-order valence-electron chi connectivity index (χ4n) is 1.29. The van der Waals surface area contributed by atoms with Crippen LogP contribution in [0.3, 0.4) is 0 Å². The molecule has 1 aromatic heterocycles. The Balaban J connectivity index is 2.28. The highest BCUT2D eigenvalue weighted by Gasteiger charge is 2.01. The first-order valence-electron chi connectivity index (χ1n) is 5.05. The van der Waals surface area contributed by atoms with Gasteiger partial charge in [0.2, 0.25) is 0 Å². The molecule has 1 N–H and O–H groups in total. The van der Waals surface area contributed by atoms with Crippen molar-refractivity contribution in [3.63, 3.8) is 0 Å². The summed E-state index contributed by atoms with van der Waals surface area (Å²) in [4.78, 5) is 0. The lowest BCUT2D eigenvalue weighted by atomic mass is 10.2. The van der Waals surface area contributed by atoms with E-state index in [4.69, 9.17) is 0 Å². The van der Waals surface area contributed by atoms with Crippen LogP contribution in [0.2, 0.25) is 0 Å². The van der Waals surface area contributed by atoms with Gasteiger partial charge in [-0.05, 0) is 26.8 Å². The molecule has 0 saturated heterocycles. The van der Waals surface area contributed by atoms with E-state index in [1.54, 1.807) is 0 Å². The molecule has 0 unspecified atom stereocenters. The lowest BCUT2D eigenvalue weighted by Crippen LogP contribution is -2.14. The van der Waals surface area contributed by atoms with E-state index in [1.807, 2.05) is 24.9 Å². The molecule has 0 radical (unpaired) electrons. The van der Waals surface area contributed by atoms with E-state index in [1.165, 1.54) is 11.3 Å². The minimum atomic E-state index is 0.914. The molecule has 1 heterocycles. The lowest BCUT2D eigenvalue weighted by Gasteiger charge is -2.02. The van der Waals surface area contributed by atoms with E-state index < -0.39 is 0 Å². The summed E-state index contributed by atoms with van der Waals surface area (Å²) in [5.41, 5.74) is 2.52. The van der Waals surface area contributed by atoms with Crippen molar-refractivity contribution in [2.24, 2.45) is 7.05 Å². The Morgan fingerprint density at radius 3 is 2.93 bits per heavy atom. The normalized spacial score (nSPS) is 11.4. The summed E-state index contributed by atoms with van der Waals surface area (Å²) in [7, 11) is 1.97. The number of aryl methyl sites for hydroxylation is 1. The van der Waals surface area contributed by atoms with Crippen LogP contribution in [0.15, 0.2) is 18.3 Å². The van der Waals surface area contributed by atoms with Crippen molar-refractivity contribution in [1.82, 2.24) is 15.1 Å². The molecule has 0 aromatic carbocycles. The van der Waals surface area contributed by atoms with Crippen LogP contribution in [0.5, 0.6) is 0 Å². The van der Waals surface area contributed by atoms with Gasteiger partial charge in [0.1, 0.15) is 0 Å². The molecule has 0 atom stereocenters. The van der Waals surface area contributed by atoms with E-state index in [-0.39, 0.29) is 0 Å². The van der Waals surface area contributed by atoms with Crippen LogP contribution in [-0.2, 0) is 13.6 Å². The second kappa shape index (κ2) is 5.60. The third-order valence-corrected chi connectivity index (χ3v) is 2.38. The average molecular weight is 193 g/mol. The number of allylic oxidation sites excluding steroid dienone is 1. The number of hydrogen-bond donors (Lipinski definition) is 1. The molecule has 0 aliphatic carbocycles. The van der Waals surface area contributed by atoms with Gasteiger partial charge in [-0.1, -0.05) is 12.2 Å². The Hall–Kier alpha value is -1.09. The van der Waals surface area contributed by atoms with Crippen LogP contribution < -0.4 is 5.32 Å². The first-order valence-corrected chi connectivity index (χ1v) is 5.05. The van der Waals surface area contributed by atoms with Crippen LogP contribution in [0.4, 0.5) is 0 Å². The Kier molecular flexibility index (Phi) is 4.40. The van der Waals surface area contributed by atoms with E-state index in [0.29, 0.717) is 0 Å². The third-order valence-electron chi connectivity index (χ3n) is 2.38. The minimum Gasteiger partial charge on any atom is -0.312 e. The summed E-state index contributed by atoms with van der Waals surface area (Å²) in [6.45, 7) is 6.08. The number of nitrogens with one attached hydrogen (secondary N) is 1. The van der Waals surface area contributed by atoms with Crippen molar-refractivity contribution in [2.45, 2.75) is 26.8 Å². The minimum absolute atomic E-state index is 0.914. The predicted molar refractivity (Wildman–Crippen MR) is 59.1 cm³/mol. The monoisotopic (exact) mass is 193 g/mol. The summed E-state index contributed by atoms with van der Waals surface area (Å²) in [5.74, 6) is 0. The van der Waals surface area contributed by atoms with Crippen molar-refractivity contribution in [1.29, 1.82) is 0 Å². The summed E-state index contributed by atoms with van der Waals surface area (Å²) in [5, 5.41) is 7.58. The Bertz CT molecular complexity index is 299. The van der Waals surface area contributed by atoms with Crippen molar-refractivity contribution >= 4 is 0 Å². The van der Waals surface area contributed by atoms with Crippen LogP contribution in [0.1, 0.15) is 24.6 Å². The molecule has 0 saturated carbocycles. The molecule has 0 amide bonds. The quantitative estimate of drug-likeness (QED) is 0.570. The van der Waals surface area contributed by atoms with Gasteiger partial charge in [0, 0.05) is 24.8 Å². The smallest absolute Gasteiger partial charge is 0.0537 e. The molecule has 0 spiro atoms. The summed E-state index contributed by atoms with van der Waals surface area (Å²) >= 11 is 0. The van der Waals surface area contributed by atoms with Gasteiger partial charge < -0.3 is 5.32 Å². The van der Waals surface area contributed by atoms with E-state index in [2.05, 4.69) is 29.5 Å². The molecule has 3 heteroatoms. The zero-order valence-corrected chi connectivity index (χ0v) is 9.25. The Morgan fingerprint density at radius 1 is 1.57 bits per heavy atom. The molecule has 0 bridgehead atoms. The lowest BCUT2D eigenvalue weighted by molar-refractivity contribution is 0.687. The fourth-order valence-corrected chi connectivity index (χ4v) is 1.29. The van der Waals surface area contributed by atoms with Gasteiger partial charge in [-0.15, -0.1) is 0 Å². The summed E-state index contributed by atoms with van der Waals surface area (Å²) in [6.07, 6.45) is 7.27. The average Bonchev–Trinajstić information content (AvgIpc) is 2.49. The maximum absolute atomic E-state index is 4.19. The highest BCUT2D eigenvalue weighted by atomic mass is 15.3. The first-order chi connectivity index (χ1) is 6.75. The van der Waals surface area contributed by atoms with Gasteiger partial charge in [0.05, 0.1) is 6.20 Å². The van der Waals surface area contributed by atoms with E-state index in [0.717, 1.165) is 19.5 Å². The standard InChI is InChI=1S/C11H19N3/c1-4-5-6-7-12-8-11-9-13-14(3)10(11)2/h4-5,9,12H,6-8H2,1-3H3/b5-4+. The van der Waals surface area contributed by atoms with Crippen LogP contribution in [0, 0.1) is 6.92 Å². The van der Waals surface area contributed by atoms with E-state index in [9.17, 15) is 0 Å². The molecule has 0 aliphatic rings. The van der Waals surface area contributed by atoms with Gasteiger partial charge in [0.15, 0.2) is 0 Å². The maximum Gasteiger partial charge on any atom is 0.0537 e. The number of aromatic nitrogens is 2. The maximum atomic E-state index is 4.19. The van der Waals surface area contributed by atoms with Crippen molar-refractivity contribution in [3.8, 4) is 0 Å². The third kappa shape index (κ3) is 3.00. The number of nitrogens with zero attached hydrogens (tertiary/aromatic N) is 2. The number of rotatable bonds is 5. The highest BCUT2D eigenvalue weighted by Crippen LogP contribution is 2.04. The fraction of sp³-hybridized carbons (Fsp3) is 0.545. The van der Waals surface area contributed by atoms with Gasteiger partial charge in [-0.2, -0.15) is 5.10 Å². The van der Waals surface area contributed by atoms with Gasteiger partial charge in [-0.3, -0.25) is 4.68 Å². The second-order valence-corrected chi connectivity index (χ2v) is 3.41. The number of hydrogen-bond acceptors (Lipinski definition) is 2. The molecule has 0 fully saturated rings. The molecule has 14 heavy (non-hydrogen) atoms. The molecule has 1 rings (SSSR count). The molecule has 78 valence electrons. The highest BCUT2D eigenvalue weighted by molar-refractivity contribution is 5.15. The van der Waals surface area contributed by atoms with Crippen molar-refractivity contribution < 1.29 is 0 Å². The summed E-state index contributed by atoms with van der Waals surface area (Å²) in [6, 6.07) is 0. The molecule has 3 nitrogen and oxygen atoms in total. The zero-order valence-electron chi connectivity index (χ0n) is 9.25. The SMILES string of the molecule is C/C=C/CCNCc1cnn(C)c1C. The van der Waals surface area contributed by atoms with Crippen molar-refractivity contribution in [3.05, 3.63) is 29.6 Å². The summed E-state index contributed by atoms with van der Waals surface area (Å²) < 4.78 is 1.91. The van der Waals surface area contributed by atoms with Crippen LogP contribution in [-0.4, -0.2) is 16.3 Å². The largest absolute Gasteiger partial charge is 0.312 e. The molecule has 1 aromatic rings. The predicted octanol–water partition coefficient (Wildman–Crippen LogP) is 1.78. The van der Waals surface area contributed by atoms with Crippen molar-refractivity contribution in [2.75, 3.05) is 6.54 Å². The molecular formula is C11H19N3. The second-order valence-electron chi connectivity index (χ2n) is 3.41. The molecular weight excluding hydrogens is 174 g/mol. The van der Waals surface area contributed by atoms with Gasteiger partial charge >= 0.3 is 0 Å². The van der Waals surface area contributed by atoms with Gasteiger partial charge in [-0.25, -0.2) is 0 Å². The Labute approximate surface area is 85.8 Å². The molecule has 0 aliphatic heterocycles. The van der Waals surface area contributed by atoms with Gasteiger partial charge in [0.25, 0.3) is 0 Å². The zero-order chi connectivity index (χ0) is 10.4. The topological polar surface area (TPSA) is 29.9 Å². The first kappa shape index (κ1) is 11.0. The van der Waals surface area contributed by atoms with Crippen LogP contribution in [0.25, 0.3) is 0 Å². The van der Waals surface area contributed by atoms with E-state index >= 15 is 0 Å². The van der Waals surface area contributed by atoms with Crippen LogP contribution >= 0.6 is 0 Å². The Morgan fingerprint density at radius 2 is 2.36 bits per heavy atom.